The molecule has 0 radical (unpaired) electrons. The molecule has 0 spiro atoms. The van der Waals surface area contributed by atoms with Crippen LogP contribution in [0.15, 0.2) is 58.9 Å². The van der Waals surface area contributed by atoms with E-state index in [1.54, 1.807) is 6.92 Å². The summed E-state index contributed by atoms with van der Waals surface area (Å²) in [6.07, 6.45) is 2.47. The number of sulfonamides is 1. The van der Waals surface area contributed by atoms with E-state index in [4.69, 9.17) is 0 Å². The van der Waals surface area contributed by atoms with Crippen molar-refractivity contribution >= 4 is 42.9 Å². The van der Waals surface area contributed by atoms with Crippen LogP contribution in [0.3, 0.4) is 0 Å². The highest BCUT2D eigenvalue weighted by molar-refractivity contribution is 7.89. The maximum Gasteiger partial charge on any atom is 0.284 e. The van der Waals surface area contributed by atoms with Gasteiger partial charge in [-0.1, -0.05) is 0 Å². The molecule has 0 saturated carbocycles. The van der Waals surface area contributed by atoms with Crippen LogP contribution in [0.25, 0.3) is 11.0 Å². The van der Waals surface area contributed by atoms with Gasteiger partial charge in [-0.15, -0.1) is 9.19 Å². The zero-order chi connectivity index (χ0) is 32.5. The van der Waals surface area contributed by atoms with Crippen molar-refractivity contribution in [2.75, 3.05) is 24.7 Å². The smallest absolute Gasteiger partial charge is 0.284 e. The third kappa shape index (κ3) is 6.99. The van der Waals surface area contributed by atoms with E-state index in [0.717, 1.165) is 29.5 Å². The van der Waals surface area contributed by atoms with E-state index in [2.05, 4.69) is 30.7 Å². The fraction of sp³-hybridized carbons (Fsp3) is 0.385. The number of nitrogens with zero attached hydrogens (tertiary/aromatic N) is 7. The second-order valence-electron chi connectivity index (χ2n) is 10.5. The summed E-state index contributed by atoms with van der Waals surface area (Å²) in [5, 5.41) is 9.63. The number of aromatic nitrogens is 6. The van der Waals surface area contributed by atoms with Crippen molar-refractivity contribution in [3.8, 4) is 0 Å². The molecule has 1 aliphatic rings. The summed E-state index contributed by atoms with van der Waals surface area (Å²) >= 11 is 0. The molecule has 5 rings (SSSR count). The number of piperidine rings is 1. The zero-order valence-electron chi connectivity index (χ0n) is 24.0. The van der Waals surface area contributed by atoms with Gasteiger partial charge in [0.1, 0.15) is 18.3 Å². The van der Waals surface area contributed by atoms with Crippen LogP contribution in [0.4, 0.5) is 14.7 Å². The van der Waals surface area contributed by atoms with Gasteiger partial charge < -0.3 is 10.6 Å². The first kappa shape index (κ1) is 32.0. The highest BCUT2D eigenvalue weighted by Crippen LogP contribution is 2.22. The van der Waals surface area contributed by atoms with Gasteiger partial charge in [0.05, 0.1) is 16.7 Å². The number of alkyl halides is 2. The van der Waals surface area contributed by atoms with Gasteiger partial charge in [-0.3, -0.25) is 14.2 Å². The van der Waals surface area contributed by atoms with Crippen molar-refractivity contribution in [1.29, 1.82) is 0 Å². The monoisotopic (exact) mass is 665 g/mol. The number of benzene rings is 1. The van der Waals surface area contributed by atoms with Crippen LogP contribution in [-0.4, -0.2) is 87.2 Å². The minimum absolute atomic E-state index is 0.0687. The molecule has 4 aromatic rings. The van der Waals surface area contributed by atoms with Crippen LogP contribution in [0.2, 0.25) is 0 Å². The van der Waals surface area contributed by atoms with Crippen LogP contribution >= 0.6 is 0 Å². The molecule has 0 unspecified atom stereocenters. The third-order valence-electron chi connectivity index (χ3n) is 7.24. The average molecular weight is 666 g/mol. The van der Waals surface area contributed by atoms with E-state index < -0.39 is 49.5 Å². The normalized spacial score (nSPS) is 15.8. The summed E-state index contributed by atoms with van der Waals surface area (Å²) in [6, 6.07) is 5.19. The second-order valence-corrected chi connectivity index (χ2v) is 14.3. The average Bonchev–Trinajstić information content (AvgIpc) is 3.55. The number of hydrogen-bond donors (Lipinski definition) is 2. The Morgan fingerprint density at radius 2 is 1.80 bits per heavy atom. The van der Waals surface area contributed by atoms with Crippen molar-refractivity contribution in [1.82, 2.24) is 38.3 Å². The van der Waals surface area contributed by atoms with E-state index in [1.165, 1.54) is 34.8 Å². The van der Waals surface area contributed by atoms with E-state index in [-0.39, 0.29) is 40.0 Å². The Hall–Kier alpha value is -4.36. The molecule has 0 bridgehead atoms. The molecule has 1 amide bonds. The Balaban J connectivity index is 1.34. The lowest BCUT2D eigenvalue weighted by Crippen LogP contribution is -2.42. The summed E-state index contributed by atoms with van der Waals surface area (Å²) in [6.45, 7) is 1.97. The maximum absolute atomic E-state index is 13.8. The zero-order valence-corrected chi connectivity index (χ0v) is 25.7. The number of pyridine rings is 1. The molecule has 19 heteroatoms. The minimum atomic E-state index is -3.99. The molecule has 240 valence electrons. The van der Waals surface area contributed by atoms with Crippen LogP contribution in [0, 0.1) is 0 Å². The lowest BCUT2D eigenvalue weighted by atomic mass is 10.1. The number of hydrogen-bond acceptors (Lipinski definition) is 11. The van der Waals surface area contributed by atoms with Crippen molar-refractivity contribution in [2.45, 2.75) is 49.7 Å². The molecule has 3 aromatic heterocycles. The van der Waals surface area contributed by atoms with Crippen molar-refractivity contribution < 1.29 is 30.4 Å². The summed E-state index contributed by atoms with van der Waals surface area (Å²) in [4.78, 5) is 38.2. The van der Waals surface area contributed by atoms with Gasteiger partial charge in [0.15, 0.2) is 0 Å². The van der Waals surface area contributed by atoms with E-state index in [0.29, 0.717) is 30.0 Å². The minimum Gasteiger partial charge on any atom is -0.351 e. The lowest BCUT2D eigenvalue weighted by Gasteiger charge is -2.30. The molecule has 45 heavy (non-hydrogen) atoms. The van der Waals surface area contributed by atoms with Gasteiger partial charge in [-0.2, -0.15) is 13.4 Å². The van der Waals surface area contributed by atoms with E-state index in [9.17, 15) is 35.2 Å². The molecule has 1 aromatic carbocycles. The number of anilines is 1. The second kappa shape index (κ2) is 12.6. The number of halogens is 2. The highest BCUT2D eigenvalue weighted by Gasteiger charge is 2.26. The van der Waals surface area contributed by atoms with Gasteiger partial charge in [0.25, 0.3) is 27.9 Å². The van der Waals surface area contributed by atoms with Gasteiger partial charge in [-0.05, 0) is 50.1 Å². The molecular formula is C26H29F2N9O6S2. The Bertz CT molecular complexity index is 1980. The Morgan fingerprint density at radius 3 is 2.40 bits per heavy atom. The number of nitrogens with one attached hydrogen (secondary N) is 2. The van der Waals surface area contributed by atoms with Gasteiger partial charge >= 0.3 is 0 Å². The topological polar surface area (TPSA) is 191 Å². The van der Waals surface area contributed by atoms with Crippen molar-refractivity contribution in [3.63, 3.8) is 0 Å². The Kier molecular flexibility index (Phi) is 8.95. The number of rotatable bonds is 10. The van der Waals surface area contributed by atoms with Crippen molar-refractivity contribution in [2.24, 2.45) is 0 Å². The summed E-state index contributed by atoms with van der Waals surface area (Å²) in [7, 11) is -7.30. The van der Waals surface area contributed by atoms with Crippen LogP contribution < -0.4 is 16.2 Å². The van der Waals surface area contributed by atoms with Gasteiger partial charge in [-0.25, -0.2) is 31.5 Å². The standard InChI is InChI=1S/C26H29F2N9O6S2/c1-16(32-24(38)17-3-5-20(6-4-17)45(42,43)37-15-29-14-31-37)13-36-23-18(11-21(22(27)28)25(36)39)12-30-26(34-23)33-19-7-9-35(10-8-19)44(2,40)41/h3-6,11-12,14-16,19,22H,7-10,13H2,1-2H3,(H,32,38)(H,30,33,34)/t16-/m1/s1. The molecule has 1 aliphatic heterocycles. The molecule has 1 fully saturated rings. The number of amides is 1. The van der Waals surface area contributed by atoms with Crippen LogP contribution in [-0.2, 0) is 26.6 Å². The summed E-state index contributed by atoms with van der Waals surface area (Å²) in [5.41, 5.74) is -1.54. The first-order valence-corrected chi connectivity index (χ1v) is 16.9. The van der Waals surface area contributed by atoms with Gasteiger partial charge in [0.2, 0.25) is 16.0 Å². The molecule has 0 aliphatic carbocycles. The molecule has 2 N–H and O–H groups in total. The third-order valence-corrected chi connectivity index (χ3v) is 10.1. The fourth-order valence-electron chi connectivity index (χ4n) is 4.93. The Labute approximate surface area is 256 Å². The number of carbonyl (C=O) groups is 1. The number of carbonyl (C=O) groups excluding carboxylic acids is 1. The van der Waals surface area contributed by atoms with Crippen LogP contribution in [0.1, 0.15) is 42.1 Å². The molecule has 1 saturated heterocycles. The summed E-state index contributed by atoms with van der Waals surface area (Å²) < 4.78 is 79.5. The quantitative estimate of drug-likeness (QED) is 0.248. The molecule has 4 heterocycles. The molecular weight excluding hydrogens is 636 g/mol. The largest absolute Gasteiger partial charge is 0.351 e. The Morgan fingerprint density at radius 1 is 1.11 bits per heavy atom. The van der Waals surface area contributed by atoms with E-state index >= 15 is 0 Å². The first-order valence-electron chi connectivity index (χ1n) is 13.7. The lowest BCUT2D eigenvalue weighted by molar-refractivity contribution is 0.0936. The van der Waals surface area contributed by atoms with Crippen molar-refractivity contribution in [3.05, 3.63) is 70.7 Å². The maximum atomic E-state index is 13.8. The van der Waals surface area contributed by atoms with Crippen LogP contribution in [0.5, 0.6) is 0 Å². The van der Waals surface area contributed by atoms with Gasteiger partial charge in [0, 0.05) is 48.9 Å². The predicted octanol–water partition coefficient (Wildman–Crippen LogP) is 1.21. The molecule has 1 atom stereocenters. The molecule has 15 nitrogen and oxygen atoms in total. The van der Waals surface area contributed by atoms with E-state index in [1.807, 2.05) is 0 Å². The summed E-state index contributed by atoms with van der Waals surface area (Å²) in [5.74, 6) is -0.456. The first-order chi connectivity index (χ1) is 21.2. The highest BCUT2D eigenvalue weighted by atomic mass is 32.2. The number of fused-ring (bicyclic) bond motifs is 1. The SMILES string of the molecule is C[C@H](Cn1c(=O)c(C(F)F)cc2cnc(NC3CCN(S(C)(=O)=O)CC3)nc21)NC(=O)c1ccc(S(=O)(=O)n2cncn2)cc1. The fourth-order valence-corrected chi connectivity index (χ4v) is 6.84. The predicted molar refractivity (Wildman–Crippen MR) is 158 cm³/mol.